The zero-order valence-electron chi connectivity index (χ0n) is 10.9. The molecule has 3 nitrogen and oxygen atoms in total. The van der Waals surface area contributed by atoms with Crippen molar-refractivity contribution in [2.24, 2.45) is 0 Å². The Balaban J connectivity index is 2.00. The summed E-state index contributed by atoms with van der Waals surface area (Å²) in [5.74, 6) is 2.57. The van der Waals surface area contributed by atoms with Crippen molar-refractivity contribution in [2.75, 3.05) is 19.0 Å². The molecule has 1 aromatic carbocycles. The van der Waals surface area contributed by atoms with Crippen LogP contribution in [0, 0.1) is 0 Å². The molecule has 0 unspecified atom stereocenters. The number of halogens is 1. The number of aromatic nitrogens is 2. The summed E-state index contributed by atoms with van der Waals surface area (Å²) in [6.45, 7) is 0. The van der Waals surface area contributed by atoms with Crippen LogP contribution in [0.2, 0.25) is 5.15 Å². The molecule has 19 heavy (non-hydrogen) atoms. The summed E-state index contributed by atoms with van der Waals surface area (Å²) in [4.78, 5) is 11.1. The van der Waals surface area contributed by atoms with E-state index in [0.29, 0.717) is 5.15 Å². The Hall–Kier alpha value is -1.26. The summed E-state index contributed by atoms with van der Waals surface area (Å²) in [5.41, 5.74) is 4.34. The van der Waals surface area contributed by atoms with Gasteiger partial charge in [-0.15, -0.1) is 0 Å². The lowest BCUT2D eigenvalue weighted by molar-refractivity contribution is 1.07. The molecule has 0 N–H and O–H groups in total. The quantitative estimate of drug-likeness (QED) is 0.791. The van der Waals surface area contributed by atoms with Crippen LogP contribution >= 0.6 is 23.4 Å². The molecule has 0 fully saturated rings. The molecular weight excluding hydrogens is 278 g/mol. The monoisotopic (exact) mass is 291 g/mol. The first-order valence-electron chi connectivity index (χ1n) is 6.06. The van der Waals surface area contributed by atoms with Gasteiger partial charge in [0.2, 0.25) is 0 Å². The van der Waals surface area contributed by atoms with Crippen LogP contribution in [0.4, 0.5) is 5.69 Å². The largest absolute Gasteiger partial charge is 0.378 e. The predicted octanol–water partition coefficient (Wildman–Crippen LogP) is 3.61. The molecule has 1 aromatic heterocycles. The fraction of sp³-hybridized carbons (Fsp3) is 0.286. The third kappa shape index (κ3) is 2.42. The highest BCUT2D eigenvalue weighted by atomic mass is 35.5. The van der Waals surface area contributed by atoms with Crippen LogP contribution in [0.5, 0.6) is 0 Å². The van der Waals surface area contributed by atoms with Crippen LogP contribution in [-0.4, -0.2) is 24.1 Å². The molecule has 0 amide bonds. The number of hydrogen-bond acceptors (Lipinski definition) is 4. The lowest BCUT2D eigenvalue weighted by Crippen LogP contribution is -2.08. The molecule has 2 heterocycles. The molecule has 0 atom stereocenters. The Morgan fingerprint density at radius 1 is 1.11 bits per heavy atom. The molecule has 0 bridgehead atoms. The Labute approximate surface area is 122 Å². The second kappa shape index (κ2) is 5.02. The van der Waals surface area contributed by atoms with Crippen LogP contribution in [0.25, 0.3) is 11.4 Å². The van der Waals surface area contributed by atoms with E-state index in [1.165, 1.54) is 0 Å². The highest BCUT2D eigenvalue weighted by Gasteiger charge is 2.19. The van der Waals surface area contributed by atoms with Crippen molar-refractivity contribution in [1.82, 2.24) is 9.97 Å². The van der Waals surface area contributed by atoms with Crippen LogP contribution in [-0.2, 0) is 11.5 Å². The van der Waals surface area contributed by atoms with E-state index in [1.807, 2.05) is 38.0 Å². The van der Waals surface area contributed by atoms with E-state index in [1.54, 1.807) is 0 Å². The van der Waals surface area contributed by atoms with Gasteiger partial charge in [0.1, 0.15) is 5.15 Å². The van der Waals surface area contributed by atoms with E-state index in [-0.39, 0.29) is 0 Å². The summed E-state index contributed by atoms with van der Waals surface area (Å²) >= 11 is 8.07. The molecular formula is C14H14ClN3S. The number of fused-ring (bicyclic) bond motifs is 1. The van der Waals surface area contributed by atoms with Gasteiger partial charge >= 0.3 is 0 Å². The van der Waals surface area contributed by atoms with Gasteiger partial charge in [0, 0.05) is 42.4 Å². The minimum absolute atomic E-state index is 0.599. The number of hydrogen-bond donors (Lipinski definition) is 0. The highest BCUT2D eigenvalue weighted by Crippen LogP contribution is 2.34. The van der Waals surface area contributed by atoms with E-state index >= 15 is 0 Å². The van der Waals surface area contributed by atoms with Crippen molar-refractivity contribution in [2.45, 2.75) is 11.5 Å². The first-order chi connectivity index (χ1) is 9.15. The van der Waals surface area contributed by atoms with Gasteiger partial charge in [-0.3, -0.25) is 0 Å². The molecule has 5 heteroatoms. The Bertz CT molecular complexity index is 611. The molecule has 1 aliphatic rings. The summed E-state index contributed by atoms with van der Waals surface area (Å²) in [5, 5.41) is 0.599. The van der Waals surface area contributed by atoms with Gasteiger partial charge in [-0.05, 0) is 24.3 Å². The van der Waals surface area contributed by atoms with Crippen molar-refractivity contribution < 1.29 is 0 Å². The van der Waals surface area contributed by atoms with Crippen LogP contribution in [0.3, 0.4) is 0 Å². The van der Waals surface area contributed by atoms with Crippen molar-refractivity contribution in [3.63, 3.8) is 0 Å². The van der Waals surface area contributed by atoms with Crippen LogP contribution < -0.4 is 4.90 Å². The third-order valence-corrected chi connectivity index (χ3v) is 4.45. The average molecular weight is 292 g/mol. The molecule has 0 radical (unpaired) electrons. The van der Waals surface area contributed by atoms with E-state index in [2.05, 4.69) is 27.0 Å². The topological polar surface area (TPSA) is 29.0 Å². The van der Waals surface area contributed by atoms with Gasteiger partial charge in [0.25, 0.3) is 0 Å². The van der Waals surface area contributed by atoms with Crippen LogP contribution in [0.15, 0.2) is 24.3 Å². The standard InChI is InChI=1S/C14H14ClN3S/c1-18(2)10-5-3-9(4-6-10)14-16-12-8-19-7-11(12)13(15)17-14/h3-6H,7-8H2,1-2H3. The Kier molecular flexibility index (Phi) is 3.37. The van der Waals surface area contributed by atoms with Crippen molar-refractivity contribution in [3.05, 3.63) is 40.7 Å². The van der Waals surface area contributed by atoms with Crippen LogP contribution in [0.1, 0.15) is 11.3 Å². The van der Waals surface area contributed by atoms with Gasteiger partial charge in [-0.1, -0.05) is 11.6 Å². The molecule has 0 aliphatic carbocycles. The van der Waals surface area contributed by atoms with E-state index in [9.17, 15) is 0 Å². The zero-order valence-corrected chi connectivity index (χ0v) is 12.4. The maximum absolute atomic E-state index is 6.23. The number of thioether (sulfide) groups is 1. The van der Waals surface area contributed by atoms with E-state index in [4.69, 9.17) is 11.6 Å². The molecule has 0 spiro atoms. The summed E-state index contributed by atoms with van der Waals surface area (Å²) in [6.07, 6.45) is 0. The minimum atomic E-state index is 0.599. The summed E-state index contributed by atoms with van der Waals surface area (Å²) in [7, 11) is 4.05. The summed E-state index contributed by atoms with van der Waals surface area (Å²) < 4.78 is 0. The Morgan fingerprint density at radius 3 is 2.53 bits per heavy atom. The second-order valence-corrected chi connectivity index (χ2v) is 6.04. The lowest BCUT2D eigenvalue weighted by Gasteiger charge is -2.12. The van der Waals surface area contributed by atoms with Gasteiger partial charge < -0.3 is 4.90 Å². The molecule has 0 saturated carbocycles. The van der Waals surface area contributed by atoms with Gasteiger partial charge in [-0.2, -0.15) is 11.8 Å². The first kappa shape index (κ1) is 12.8. The lowest BCUT2D eigenvalue weighted by atomic mass is 10.1. The third-order valence-electron chi connectivity index (χ3n) is 3.17. The molecule has 3 rings (SSSR count). The molecule has 1 aliphatic heterocycles. The van der Waals surface area contributed by atoms with E-state index in [0.717, 1.165) is 39.8 Å². The van der Waals surface area contributed by atoms with Crippen molar-refractivity contribution >= 4 is 29.1 Å². The fourth-order valence-corrected chi connectivity index (χ4v) is 3.43. The van der Waals surface area contributed by atoms with Gasteiger partial charge in [0.05, 0.1) is 5.69 Å². The minimum Gasteiger partial charge on any atom is -0.378 e. The number of nitrogens with zero attached hydrogens (tertiary/aromatic N) is 3. The number of rotatable bonds is 2. The van der Waals surface area contributed by atoms with E-state index < -0.39 is 0 Å². The number of benzene rings is 1. The summed E-state index contributed by atoms with van der Waals surface area (Å²) in [6, 6.07) is 8.20. The SMILES string of the molecule is CN(C)c1ccc(-c2nc(Cl)c3c(n2)CSC3)cc1. The second-order valence-electron chi connectivity index (χ2n) is 4.70. The molecule has 0 saturated heterocycles. The number of anilines is 1. The maximum Gasteiger partial charge on any atom is 0.161 e. The predicted molar refractivity (Wildman–Crippen MR) is 81.8 cm³/mol. The smallest absolute Gasteiger partial charge is 0.161 e. The highest BCUT2D eigenvalue weighted by molar-refractivity contribution is 7.98. The fourth-order valence-electron chi connectivity index (χ4n) is 2.05. The normalized spacial score (nSPS) is 13.4. The average Bonchev–Trinajstić information content (AvgIpc) is 2.87. The Morgan fingerprint density at radius 2 is 1.84 bits per heavy atom. The van der Waals surface area contributed by atoms with Crippen molar-refractivity contribution in [1.29, 1.82) is 0 Å². The van der Waals surface area contributed by atoms with Crippen molar-refractivity contribution in [3.8, 4) is 11.4 Å². The van der Waals surface area contributed by atoms with Gasteiger partial charge in [-0.25, -0.2) is 9.97 Å². The zero-order chi connectivity index (χ0) is 13.4. The molecule has 98 valence electrons. The van der Waals surface area contributed by atoms with Gasteiger partial charge in [0.15, 0.2) is 5.82 Å². The molecule has 2 aromatic rings. The maximum atomic E-state index is 6.23. The first-order valence-corrected chi connectivity index (χ1v) is 7.59.